The number of aliphatic hydroxyl groups excluding tert-OH is 18. The van der Waals surface area contributed by atoms with Crippen LogP contribution in [0.4, 0.5) is 0 Å². The zero-order valence-corrected chi connectivity index (χ0v) is 51.8. The second-order valence-electron chi connectivity index (χ2n) is 21.3. The first-order chi connectivity index (χ1) is 42.8. The van der Waals surface area contributed by atoms with E-state index in [9.17, 15) is 76.6 Å². The van der Waals surface area contributed by atoms with E-state index in [0.717, 1.165) is 0 Å². The molecule has 0 aliphatic carbocycles. The Labute approximate surface area is 521 Å². The van der Waals surface area contributed by atoms with Gasteiger partial charge < -0.3 is 168 Å². The molecule has 0 aromatic rings. The van der Waals surface area contributed by atoms with Gasteiger partial charge in [-0.15, -0.1) is 0 Å². The second kappa shape index (κ2) is 58.0. The molecule has 0 bridgehead atoms. The molecule has 0 radical (unpaired) electrons. The minimum atomic E-state index is -1.25. The van der Waals surface area contributed by atoms with Crippen molar-refractivity contribution < 1.29 is 168 Å². The number of hydrogen-bond donors (Lipinski definition) is 18. The van der Waals surface area contributed by atoms with Gasteiger partial charge in [0.15, 0.2) is 0 Å². The summed E-state index contributed by atoms with van der Waals surface area (Å²) in [6.07, 6.45) is -16.3. The average molecular weight is 1320 g/mol. The van der Waals surface area contributed by atoms with Crippen LogP contribution >= 0.6 is 0 Å². The van der Waals surface area contributed by atoms with Crippen molar-refractivity contribution in [2.24, 2.45) is 5.41 Å². The highest BCUT2D eigenvalue weighted by atomic mass is 16.6. The highest BCUT2D eigenvalue weighted by molar-refractivity contribution is 4.80. The fourth-order valence-corrected chi connectivity index (χ4v) is 6.95. The van der Waals surface area contributed by atoms with E-state index in [2.05, 4.69) is 0 Å². The van der Waals surface area contributed by atoms with Gasteiger partial charge in [0.05, 0.1) is 231 Å². The van der Waals surface area contributed by atoms with E-state index in [0.29, 0.717) is 12.8 Å². The monoisotopic (exact) mass is 1320 g/mol. The third-order valence-electron chi connectivity index (χ3n) is 12.5. The van der Waals surface area contributed by atoms with E-state index in [4.69, 9.17) is 91.1 Å². The SMILES string of the molecule is CCC(O)COCC(COC(COCC(O)CO)COCC(CC)(COCC(COCC(O)COCC(O)CO)OCC(O)COCC(O)CO)COCC(COCC(CO)OCC(O)COCC(O)CO)OCC(CO)OCC(O)CO)OCC(O)CO. The minimum absolute atomic E-state index is 0.0269. The predicted octanol–water partition coefficient (Wildman–Crippen LogP) is -9.18. The quantitative estimate of drug-likeness (QED) is 0.0269. The lowest BCUT2D eigenvalue weighted by Gasteiger charge is -2.34. The van der Waals surface area contributed by atoms with Gasteiger partial charge in [-0.3, -0.25) is 0 Å². The van der Waals surface area contributed by atoms with Gasteiger partial charge in [-0.25, -0.2) is 0 Å². The summed E-state index contributed by atoms with van der Waals surface area (Å²) >= 11 is 0. The third-order valence-corrected chi connectivity index (χ3v) is 12.5. The van der Waals surface area contributed by atoms with Crippen molar-refractivity contribution in [3.8, 4) is 0 Å². The maximum atomic E-state index is 10.7. The van der Waals surface area contributed by atoms with Crippen LogP contribution in [-0.4, -0.2) is 414 Å². The Bertz CT molecular complexity index is 1510. The third kappa shape index (κ3) is 48.9. The van der Waals surface area contributed by atoms with Crippen LogP contribution < -0.4 is 0 Å². The van der Waals surface area contributed by atoms with Crippen molar-refractivity contribution in [1.82, 2.24) is 0 Å². The fraction of sp³-hybridized carbons (Fsp3) is 1.00. The fourth-order valence-electron chi connectivity index (χ4n) is 6.95. The van der Waals surface area contributed by atoms with Crippen LogP contribution in [0.3, 0.4) is 0 Å². The van der Waals surface area contributed by atoms with Crippen LogP contribution in [0.5, 0.6) is 0 Å². The maximum absolute atomic E-state index is 10.7. The Hall–Kier alpha value is -1.36. The molecule has 0 saturated heterocycles. The molecule has 17 atom stereocenters. The molecule has 536 valence electrons. The van der Waals surface area contributed by atoms with Gasteiger partial charge in [-0.1, -0.05) is 13.8 Å². The molecule has 34 nitrogen and oxygen atoms in total. The molecule has 0 rings (SSSR count). The summed E-state index contributed by atoms with van der Waals surface area (Å²) in [5.41, 5.74) is -1.06. The summed E-state index contributed by atoms with van der Waals surface area (Å²) in [5, 5.41) is 176. The van der Waals surface area contributed by atoms with Gasteiger partial charge in [0.2, 0.25) is 0 Å². The van der Waals surface area contributed by atoms with Crippen LogP contribution in [0.25, 0.3) is 0 Å². The van der Waals surface area contributed by atoms with Crippen molar-refractivity contribution >= 4 is 0 Å². The molecular weight excluding hydrogens is 1200 g/mol. The summed E-state index contributed by atoms with van der Waals surface area (Å²) in [7, 11) is 0. The van der Waals surface area contributed by atoms with Gasteiger partial charge in [0.25, 0.3) is 0 Å². The van der Waals surface area contributed by atoms with Crippen LogP contribution in [-0.2, 0) is 75.8 Å². The molecule has 0 aromatic heterocycles. The number of rotatable bonds is 68. The Morgan fingerprint density at radius 3 is 0.730 bits per heavy atom. The standard InChI is InChI=1S/C55H112O34/c1-3-39(64)13-77-30-54(86-23-45(70)10-61)35-89-52(28-78-17-43(68)8-59)32-82-37-55(4-2,36-81-31-51(87-25-48(73)21-76-16-42(67)7-58)27-79-19-46(71)18-74-14-40(65)5-56)38-83-33-53(88-34-50(12-63)84-22-44(69)9-60)29-80-26-49(11-62)85-24-47(72)20-75-15-41(66)6-57/h39-54,56-73H,3-38H2,1-2H3. The average Bonchev–Trinajstić information content (AvgIpc) is 3.61. The molecule has 0 amide bonds. The lowest BCUT2D eigenvalue weighted by atomic mass is 9.88. The summed E-state index contributed by atoms with van der Waals surface area (Å²) in [6.45, 7) is -6.61. The molecule has 18 N–H and O–H groups in total. The lowest BCUT2D eigenvalue weighted by Crippen LogP contribution is -2.42. The number of hydrogen-bond acceptors (Lipinski definition) is 34. The van der Waals surface area contributed by atoms with Crippen LogP contribution in [0, 0.1) is 5.41 Å². The Morgan fingerprint density at radius 2 is 0.416 bits per heavy atom. The van der Waals surface area contributed by atoms with Crippen molar-refractivity contribution in [2.75, 3.05) is 225 Å². The van der Waals surface area contributed by atoms with E-state index < -0.39 is 156 Å². The van der Waals surface area contributed by atoms with E-state index in [1.807, 2.05) is 6.92 Å². The number of aliphatic hydroxyl groups is 18. The van der Waals surface area contributed by atoms with Crippen molar-refractivity contribution in [1.29, 1.82) is 0 Å². The van der Waals surface area contributed by atoms with E-state index >= 15 is 0 Å². The summed E-state index contributed by atoms with van der Waals surface area (Å²) in [4.78, 5) is 0. The molecule has 34 heteroatoms. The first kappa shape index (κ1) is 87.6. The van der Waals surface area contributed by atoms with Crippen LogP contribution in [0.15, 0.2) is 0 Å². The predicted molar refractivity (Wildman–Crippen MR) is 306 cm³/mol. The van der Waals surface area contributed by atoms with E-state index in [1.54, 1.807) is 6.92 Å². The van der Waals surface area contributed by atoms with Gasteiger partial charge in [-0.2, -0.15) is 0 Å². The first-order valence-electron chi connectivity index (χ1n) is 29.9. The largest absolute Gasteiger partial charge is 0.394 e. The Morgan fingerprint density at radius 1 is 0.213 bits per heavy atom. The highest BCUT2D eigenvalue weighted by Crippen LogP contribution is 2.25. The Balaban J connectivity index is 6.92. The van der Waals surface area contributed by atoms with Crippen molar-refractivity contribution in [2.45, 2.75) is 124 Å². The lowest BCUT2D eigenvalue weighted by molar-refractivity contribution is -0.150. The zero-order chi connectivity index (χ0) is 66.5. The molecule has 0 saturated carbocycles. The number of ether oxygens (including phenoxy) is 16. The second-order valence-corrected chi connectivity index (χ2v) is 21.3. The van der Waals surface area contributed by atoms with Gasteiger partial charge in [-0.05, 0) is 12.8 Å². The van der Waals surface area contributed by atoms with E-state index in [-0.39, 0.29) is 172 Å². The van der Waals surface area contributed by atoms with Gasteiger partial charge in [0.1, 0.15) is 91.6 Å². The summed E-state index contributed by atoms with van der Waals surface area (Å²) in [6, 6.07) is 0. The molecule has 0 spiro atoms. The van der Waals surface area contributed by atoms with Crippen LogP contribution in [0.2, 0.25) is 0 Å². The van der Waals surface area contributed by atoms with Gasteiger partial charge >= 0.3 is 0 Å². The summed E-state index contributed by atoms with van der Waals surface area (Å²) in [5.74, 6) is 0. The first-order valence-corrected chi connectivity index (χ1v) is 29.9. The highest BCUT2D eigenvalue weighted by Gasteiger charge is 2.33. The van der Waals surface area contributed by atoms with Crippen molar-refractivity contribution in [3.63, 3.8) is 0 Å². The maximum Gasteiger partial charge on any atom is 0.104 e. The summed E-state index contributed by atoms with van der Waals surface area (Å²) < 4.78 is 92.8. The van der Waals surface area contributed by atoms with Crippen LogP contribution in [0.1, 0.15) is 26.7 Å². The molecule has 0 aromatic carbocycles. The molecule has 17 unspecified atom stereocenters. The van der Waals surface area contributed by atoms with Crippen molar-refractivity contribution in [3.05, 3.63) is 0 Å². The normalized spacial score (nSPS) is 18.5. The van der Waals surface area contributed by atoms with E-state index in [1.165, 1.54) is 0 Å². The molecule has 0 aliphatic rings. The smallest absolute Gasteiger partial charge is 0.104 e. The minimum Gasteiger partial charge on any atom is -0.394 e. The molecule has 0 aliphatic heterocycles. The topological polar surface area (TPSA) is 512 Å². The Kier molecular flexibility index (Phi) is 57.1. The molecule has 89 heavy (non-hydrogen) atoms. The zero-order valence-electron chi connectivity index (χ0n) is 51.8. The molecular formula is C55H112O34. The molecule has 0 fully saturated rings. The molecule has 0 heterocycles. The van der Waals surface area contributed by atoms with Gasteiger partial charge in [0, 0.05) is 5.41 Å².